The fraction of sp³-hybridized carbons (Fsp3) is 0.600. The molecule has 2 unspecified atom stereocenters. The summed E-state index contributed by atoms with van der Waals surface area (Å²) in [5, 5.41) is 0. The third-order valence-corrected chi connectivity index (χ3v) is 4.60. The van der Waals surface area contributed by atoms with E-state index in [0.717, 1.165) is 38.2 Å². The summed E-state index contributed by atoms with van der Waals surface area (Å²) in [5.41, 5.74) is 0. The van der Waals surface area contributed by atoms with Crippen LogP contribution in [0.3, 0.4) is 0 Å². The van der Waals surface area contributed by atoms with Crippen molar-refractivity contribution in [3.63, 3.8) is 0 Å². The zero-order chi connectivity index (χ0) is 15.9. The Morgan fingerprint density at radius 1 is 1.09 bits per heavy atom. The summed E-state index contributed by atoms with van der Waals surface area (Å²) in [5.74, 6) is -0.458. The maximum Gasteiger partial charge on any atom is 0.201 e. The summed E-state index contributed by atoms with van der Waals surface area (Å²) in [6.07, 6.45) is 5.01. The van der Waals surface area contributed by atoms with Crippen LogP contribution in [0, 0.1) is 23.5 Å². The number of ether oxygens (including phenoxy) is 1. The summed E-state index contributed by atoms with van der Waals surface area (Å²) in [6, 6.07) is 3.15. The summed E-state index contributed by atoms with van der Waals surface area (Å²) in [7, 11) is -2.56. The number of halogens is 2. The Morgan fingerprint density at radius 3 is 2.36 bits per heavy atom. The molecule has 2 atom stereocenters. The van der Waals surface area contributed by atoms with E-state index in [1.807, 2.05) is 0 Å². The van der Waals surface area contributed by atoms with Gasteiger partial charge in [0.2, 0.25) is 10.9 Å². The standard InChI is InChI=1S/C15H21F2NO3S/c16-13-7-14(17)9-15(8-13)21-10-12-4-2-1-3-11(12)5-6-18-22(19)20/h7-9,11-12,22H,1-6,10H2,(H,18,19,20). The summed E-state index contributed by atoms with van der Waals surface area (Å²) >= 11 is 0. The second-order valence-corrected chi connectivity index (χ2v) is 6.51. The van der Waals surface area contributed by atoms with E-state index in [1.54, 1.807) is 0 Å². The van der Waals surface area contributed by atoms with E-state index < -0.39 is 22.5 Å². The van der Waals surface area contributed by atoms with Crippen molar-refractivity contribution >= 4 is 10.9 Å². The van der Waals surface area contributed by atoms with Gasteiger partial charge in [-0.1, -0.05) is 19.3 Å². The quantitative estimate of drug-likeness (QED) is 0.754. The average Bonchev–Trinajstić information content (AvgIpc) is 2.45. The van der Waals surface area contributed by atoms with Gasteiger partial charge < -0.3 is 4.74 Å². The normalized spacial score (nSPS) is 22.0. The number of thiol groups is 1. The third kappa shape index (κ3) is 5.53. The molecule has 1 aliphatic rings. The molecule has 0 bridgehead atoms. The van der Waals surface area contributed by atoms with E-state index >= 15 is 0 Å². The summed E-state index contributed by atoms with van der Waals surface area (Å²) in [4.78, 5) is 0. The molecule has 1 aromatic rings. The number of benzene rings is 1. The molecule has 0 radical (unpaired) electrons. The fourth-order valence-corrected chi connectivity index (χ4v) is 3.35. The van der Waals surface area contributed by atoms with E-state index in [2.05, 4.69) is 4.72 Å². The van der Waals surface area contributed by atoms with Crippen LogP contribution in [-0.2, 0) is 10.9 Å². The minimum absolute atomic E-state index is 0.197. The first-order chi connectivity index (χ1) is 10.5. The van der Waals surface area contributed by atoms with E-state index in [4.69, 9.17) is 4.74 Å². The Labute approximate surface area is 130 Å². The molecular formula is C15H21F2NO3S. The van der Waals surface area contributed by atoms with Gasteiger partial charge in [-0.15, -0.1) is 0 Å². The first-order valence-electron chi connectivity index (χ1n) is 7.51. The van der Waals surface area contributed by atoms with Gasteiger partial charge in [-0.05, 0) is 24.7 Å². The second kappa shape index (κ2) is 8.43. The zero-order valence-electron chi connectivity index (χ0n) is 12.3. The van der Waals surface area contributed by atoms with Crippen LogP contribution < -0.4 is 9.46 Å². The van der Waals surface area contributed by atoms with Crippen molar-refractivity contribution in [2.45, 2.75) is 32.1 Å². The van der Waals surface area contributed by atoms with Crippen molar-refractivity contribution in [2.24, 2.45) is 11.8 Å². The number of hydrogen-bond donors (Lipinski definition) is 2. The van der Waals surface area contributed by atoms with Crippen LogP contribution in [0.5, 0.6) is 5.75 Å². The van der Waals surface area contributed by atoms with E-state index in [0.29, 0.717) is 19.1 Å². The molecule has 2 rings (SSSR count). The van der Waals surface area contributed by atoms with Crippen molar-refractivity contribution in [3.05, 3.63) is 29.8 Å². The molecule has 0 amide bonds. The topological polar surface area (TPSA) is 55.4 Å². The molecule has 0 saturated heterocycles. The highest BCUT2D eigenvalue weighted by Gasteiger charge is 2.25. The first kappa shape index (κ1) is 17.1. The molecule has 1 aromatic carbocycles. The van der Waals surface area contributed by atoms with Gasteiger partial charge in [0.05, 0.1) is 6.61 Å². The predicted octanol–water partition coefficient (Wildman–Crippen LogP) is 2.66. The minimum Gasteiger partial charge on any atom is -0.493 e. The van der Waals surface area contributed by atoms with Crippen LogP contribution in [0.15, 0.2) is 18.2 Å². The van der Waals surface area contributed by atoms with Crippen molar-refractivity contribution in [3.8, 4) is 5.75 Å². The second-order valence-electron chi connectivity index (χ2n) is 5.67. The van der Waals surface area contributed by atoms with E-state index in [9.17, 15) is 17.2 Å². The monoisotopic (exact) mass is 333 g/mol. The number of nitrogens with one attached hydrogen (secondary N) is 1. The molecule has 1 N–H and O–H groups in total. The molecule has 4 nitrogen and oxygen atoms in total. The molecule has 1 aliphatic carbocycles. The highest BCUT2D eigenvalue weighted by atomic mass is 32.2. The zero-order valence-corrected chi connectivity index (χ0v) is 13.2. The first-order valence-corrected chi connectivity index (χ1v) is 8.69. The lowest BCUT2D eigenvalue weighted by molar-refractivity contribution is 0.143. The van der Waals surface area contributed by atoms with Crippen molar-refractivity contribution in [2.75, 3.05) is 13.2 Å². The molecule has 0 aromatic heterocycles. The average molecular weight is 333 g/mol. The Balaban J connectivity index is 1.87. The Bertz CT molecular complexity index is 537. The van der Waals surface area contributed by atoms with Crippen LogP contribution >= 0.6 is 0 Å². The molecule has 1 saturated carbocycles. The molecule has 0 aliphatic heterocycles. The van der Waals surface area contributed by atoms with Crippen molar-refractivity contribution in [1.82, 2.24) is 4.72 Å². The van der Waals surface area contributed by atoms with Crippen LogP contribution in [0.2, 0.25) is 0 Å². The molecule has 0 heterocycles. The molecule has 1 fully saturated rings. The molecule has 0 spiro atoms. The van der Waals surface area contributed by atoms with Gasteiger partial charge in [0.1, 0.15) is 17.4 Å². The third-order valence-electron chi connectivity index (χ3n) is 4.12. The molecule has 7 heteroatoms. The predicted molar refractivity (Wildman–Crippen MR) is 80.2 cm³/mol. The van der Waals surface area contributed by atoms with Crippen LogP contribution in [0.25, 0.3) is 0 Å². The van der Waals surface area contributed by atoms with Crippen molar-refractivity contribution in [1.29, 1.82) is 0 Å². The van der Waals surface area contributed by atoms with Gasteiger partial charge in [0.15, 0.2) is 0 Å². The number of rotatable bonds is 7. The highest BCUT2D eigenvalue weighted by molar-refractivity contribution is 7.70. The maximum absolute atomic E-state index is 13.1. The molecular weight excluding hydrogens is 312 g/mol. The van der Waals surface area contributed by atoms with Gasteiger partial charge in [-0.2, -0.15) is 0 Å². The highest BCUT2D eigenvalue weighted by Crippen LogP contribution is 2.32. The van der Waals surface area contributed by atoms with E-state index in [-0.39, 0.29) is 11.7 Å². The van der Waals surface area contributed by atoms with Gasteiger partial charge in [-0.25, -0.2) is 21.9 Å². The van der Waals surface area contributed by atoms with Crippen LogP contribution in [0.4, 0.5) is 8.78 Å². The van der Waals surface area contributed by atoms with Crippen LogP contribution in [-0.4, -0.2) is 21.6 Å². The van der Waals surface area contributed by atoms with Crippen LogP contribution in [0.1, 0.15) is 32.1 Å². The lowest BCUT2D eigenvalue weighted by atomic mass is 9.78. The Hall–Kier alpha value is -1.21. The smallest absolute Gasteiger partial charge is 0.201 e. The number of hydrogen-bond acceptors (Lipinski definition) is 3. The maximum atomic E-state index is 13.1. The SMILES string of the molecule is O=[SH](=O)NCCC1CCCCC1COc1cc(F)cc(F)c1. The Morgan fingerprint density at radius 2 is 1.73 bits per heavy atom. The van der Waals surface area contributed by atoms with Gasteiger partial charge in [0, 0.05) is 24.7 Å². The van der Waals surface area contributed by atoms with Gasteiger partial charge >= 0.3 is 0 Å². The van der Waals surface area contributed by atoms with Gasteiger partial charge in [0.25, 0.3) is 0 Å². The largest absolute Gasteiger partial charge is 0.493 e. The van der Waals surface area contributed by atoms with E-state index in [1.165, 1.54) is 12.1 Å². The lowest BCUT2D eigenvalue weighted by Gasteiger charge is -2.31. The fourth-order valence-electron chi connectivity index (χ4n) is 3.04. The lowest BCUT2D eigenvalue weighted by Crippen LogP contribution is -2.28. The summed E-state index contributed by atoms with van der Waals surface area (Å²) < 4.78 is 55.3. The van der Waals surface area contributed by atoms with Crippen molar-refractivity contribution < 1.29 is 21.9 Å². The van der Waals surface area contributed by atoms with Gasteiger partial charge in [-0.3, -0.25) is 0 Å². The molecule has 22 heavy (non-hydrogen) atoms. The molecule has 124 valence electrons. The Kier molecular flexibility index (Phi) is 6.57. The minimum atomic E-state index is -2.56. The summed E-state index contributed by atoms with van der Waals surface area (Å²) in [6.45, 7) is 0.825.